The molecule has 2 amide bonds. The van der Waals surface area contributed by atoms with Gasteiger partial charge in [0, 0.05) is 18.6 Å². The van der Waals surface area contributed by atoms with Gasteiger partial charge in [-0.15, -0.1) is 0 Å². The number of sulfonamides is 1. The van der Waals surface area contributed by atoms with Gasteiger partial charge >= 0.3 is 0 Å². The number of halogens is 1. The van der Waals surface area contributed by atoms with Crippen LogP contribution >= 0.6 is 11.6 Å². The maximum atomic E-state index is 13.3. The summed E-state index contributed by atoms with van der Waals surface area (Å²) in [5.74, 6) is -0.840. The van der Waals surface area contributed by atoms with Crippen molar-refractivity contribution in [3.63, 3.8) is 0 Å². The van der Waals surface area contributed by atoms with E-state index < -0.39 is 28.5 Å². The maximum Gasteiger partial charge on any atom is 0.244 e. The standard InChI is InChI=1S/C22H28ClN3O4S/c1-15-8-6-7-9-18(15)13-25(17(3)22(28)24-4)21(27)14-26(31(5,29)30)19-11-10-16(2)20(23)12-19/h6-12,17H,13-14H2,1-5H3,(H,24,28)/t17-/m0/s1. The van der Waals surface area contributed by atoms with Gasteiger partial charge in [0.05, 0.1) is 11.9 Å². The van der Waals surface area contributed by atoms with E-state index in [2.05, 4.69) is 5.32 Å². The van der Waals surface area contributed by atoms with Gasteiger partial charge in [0.2, 0.25) is 21.8 Å². The van der Waals surface area contributed by atoms with E-state index in [0.717, 1.165) is 27.3 Å². The third-order valence-corrected chi connectivity index (χ3v) is 6.69. The third kappa shape index (κ3) is 6.21. The number of nitrogens with one attached hydrogen (secondary N) is 1. The van der Waals surface area contributed by atoms with E-state index in [1.165, 1.54) is 18.0 Å². The fourth-order valence-corrected chi connectivity index (χ4v) is 4.13. The molecule has 0 spiro atoms. The highest BCUT2D eigenvalue weighted by Crippen LogP contribution is 2.25. The molecule has 1 atom stereocenters. The molecule has 31 heavy (non-hydrogen) atoms. The molecule has 0 heterocycles. The molecule has 2 aromatic carbocycles. The molecule has 0 aliphatic heterocycles. The number of carbonyl (C=O) groups excluding carboxylic acids is 2. The van der Waals surface area contributed by atoms with Crippen molar-refractivity contribution >= 4 is 39.1 Å². The van der Waals surface area contributed by atoms with Gasteiger partial charge < -0.3 is 10.2 Å². The Kier molecular flexibility index (Phi) is 8.08. The molecule has 0 fully saturated rings. The highest BCUT2D eigenvalue weighted by Gasteiger charge is 2.30. The Morgan fingerprint density at radius 3 is 2.29 bits per heavy atom. The highest BCUT2D eigenvalue weighted by molar-refractivity contribution is 7.92. The molecule has 0 saturated carbocycles. The van der Waals surface area contributed by atoms with E-state index in [1.54, 1.807) is 26.0 Å². The number of rotatable bonds is 8. The number of hydrogen-bond acceptors (Lipinski definition) is 4. The van der Waals surface area contributed by atoms with Crippen LogP contribution in [-0.2, 0) is 26.2 Å². The highest BCUT2D eigenvalue weighted by atomic mass is 35.5. The third-order valence-electron chi connectivity index (χ3n) is 5.14. The molecular weight excluding hydrogens is 438 g/mol. The number of carbonyl (C=O) groups is 2. The average molecular weight is 466 g/mol. The van der Waals surface area contributed by atoms with Gasteiger partial charge in [0.1, 0.15) is 12.6 Å². The van der Waals surface area contributed by atoms with Gasteiger partial charge in [-0.1, -0.05) is 41.9 Å². The van der Waals surface area contributed by atoms with Gasteiger partial charge in [-0.3, -0.25) is 13.9 Å². The number of aryl methyl sites for hydroxylation is 2. The van der Waals surface area contributed by atoms with Crippen LogP contribution in [-0.4, -0.2) is 51.0 Å². The molecule has 0 aliphatic carbocycles. The predicted molar refractivity (Wildman–Crippen MR) is 124 cm³/mol. The SMILES string of the molecule is CNC(=O)[C@H](C)N(Cc1ccccc1C)C(=O)CN(c1ccc(C)c(Cl)c1)S(C)(=O)=O. The van der Waals surface area contributed by atoms with Crippen LogP contribution < -0.4 is 9.62 Å². The van der Waals surface area contributed by atoms with Crippen LogP contribution in [0, 0.1) is 13.8 Å². The van der Waals surface area contributed by atoms with E-state index in [1.807, 2.05) is 31.2 Å². The van der Waals surface area contributed by atoms with E-state index in [9.17, 15) is 18.0 Å². The summed E-state index contributed by atoms with van der Waals surface area (Å²) in [6.45, 7) is 5.05. The van der Waals surface area contributed by atoms with Crippen LogP contribution in [0.15, 0.2) is 42.5 Å². The lowest BCUT2D eigenvalue weighted by Gasteiger charge is -2.31. The van der Waals surface area contributed by atoms with Gasteiger partial charge in [-0.2, -0.15) is 0 Å². The Morgan fingerprint density at radius 1 is 1.10 bits per heavy atom. The Morgan fingerprint density at radius 2 is 1.74 bits per heavy atom. The van der Waals surface area contributed by atoms with Gasteiger partial charge in [-0.25, -0.2) is 8.42 Å². The first-order chi connectivity index (χ1) is 14.5. The zero-order valence-electron chi connectivity index (χ0n) is 18.3. The Labute approximate surface area is 189 Å². The second kappa shape index (κ2) is 10.2. The van der Waals surface area contributed by atoms with Crippen molar-refractivity contribution in [2.45, 2.75) is 33.4 Å². The van der Waals surface area contributed by atoms with E-state index in [0.29, 0.717) is 5.02 Å². The minimum atomic E-state index is -3.78. The number of nitrogens with zero attached hydrogens (tertiary/aromatic N) is 2. The molecule has 0 saturated heterocycles. The number of anilines is 1. The lowest BCUT2D eigenvalue weighted by atomic mass is 10.1. The molecule has 0 bridgehead atoms. The molecule has 0 radical (unpaired) electrons. The summed E-state index contributed by atoms with van der Waals surface area (Å²) in [6, 6.07) is 11.5. The maximum absolute atomic E-state index is 13.3. The molecule has 0 aromatic heterocycles. The first-order valence-corrected chi connectivity index (χ1v) is 12.0. The van der Waals surface area contributed by atoms with E-state index >= 15 is 0 Å². The zero-order valence-corrected chi connectivity index (χ0v) is 19.9. The summed E-state index contributed by atoms with van der Waals surface area (Å²) in [6.07, 6.45) is 1.03. The quantitative estimate of drug-likeness (QED) is 0.649. The monoisotopic (exact) mass is 465 g/mol. The number of hydrogen-bond donors (Lipinski definition) is 1. The fourth-order valence-electron chi connectivity index (χ4n) is 3.11. The van der Waals surface area contributed by atoms with Crippen molar-refractivity contribution in [1.82, 2.24) is 10.2 Å². The van der Waals surface area contributed by atoms with Crippen LogP contribution in [0.25, 0.3) is 0 Å². The van der Waals surface area contributed by atoms with Crippen LogP contribution in [0.2, 0.25) is 5.02 Å². The zero-order chi connectivity index (χ0) is 23.3. The van der Waals surface area contributed by atoms with Crippen molar-refractivity contribution < 1.29 is 18.0 Å². The first-order valence-electron chi connectivity index (χ1n) is 9.75. The molecule has 1 N–H and O–H groups in total. The second-order valence-corrected chi connectivity index (χ2v) is 9.76. The van der Waals surface area contributed by atoms with Gasteiger partial charge in [0.25, 0.3) is 0 Å². The van der Waals surface area contributed by atoms with Crippen molar-refractivity contribution in [2.75, 3.05) is 24.2 Å². The topological polar surface area (TPSA) is 86.8 Å². The fraction of sp³-hybridized carbons (Fsp3) is 0.364. The van der Waals surface area contributed by atoms with Crippen LogP contribution in [0.1, 0.15) is 23.6 Å². The second-order valence-electron chi connectivity index (χ2n) is 7.44. The summed E-state index contributed by atoms with van der Waals surface area (Å²) in [5.41, 5.74) is 2.92. The lowest BCUT2D eigenvalue weighted by Crippen LogP contribution is -2.50. The number of benzene rings is 2. The summed E-state index contributed by atoms with van der Waals surface area (Å²) < 4.78 is 26.0. The first kappa shape index (κ1) is 24.7. The van der Waals surface area contributed by atoms with Crippen LogP contribution in [0.3, 0.4) is 0 Å². The number of likely N-dealkylation sites (N-methyl/N-ethyl adjacent to an activating group) is 1. The molecule has 9 heteroatoms. The van der Waals surface area contributed by atoms with E-state index in [-0.39, 0.29) is 18.1 Å². The van der Waals surface area contributed by atoms with Crippen LogP contribution in [0.4, 0.5) is 5.69 Å². The van der Waals surface area contributed by atoms with Gasteiger partial charge in [-0.05, 0) is 49.6 Å². The summed E-state index contributed by atoms with van der Waals surface area (Å²) >= 11 is 6.17. The smallest absolute Gasteiger partial charge is 0.244 e. The summed E-state index contributed by atoms with van der Waals surface area (Å²) in [7, 11) is -2.29. The Bertz CT molecular complexity index is 1070. The van der Waals surface area contributed by atoms with Crippen LogP contribution in [0.5, 0.6) is 0 Å². The van der Waals surface area contributed by atoms with Crippen molar-refractivity contribution in [2.24, 2.45) is 0 Å². The molecular formula is C22H28ClN3O4S. The van der Waals surface area contributed by atoms with Crippen molar-refractivity contribution in [3.05, 3.63) is 64.2 Å². The summed E-state index contributed by atoms with van der Waals surface area (Å²) in [5, 5.41) is 2.94. The minimum absolute atomic E-state index is 0.173. The molecule has 2 rings (SSSR count). The normalized spacial score (nSPS) is 12.2. The molecule has 168 valence electrons. The Balaban J connectivity index is 2.42. The molecule has 7 nitrogen and oxygen atoms in total. The Hall–Kier alpha value is -2.58. The predicted octanol–water partition coefficient (Wildman–Crippen LogP) is 2.89. The van der Waals surface area contributed by atoms with Crippen molar-refractivity contribution in [1.29, 1.82) is 0 Å². The minimum Gasteiger partial charge on any atom is -0.357 e. The van der Waals surface area contributed by atoms with Gasteiger partial charge in [0.15, 0.2) is 0 Å². The summed E-state index contributed by atoms with van der Waals surface area (Å²) in [4.78, 5) is 27.0. The largest absolute Gasteiger partial charge is 0.357 e. The lowest BCUT2D eigenvalue weighted by molar-refractivity contribution is -0.139. The molecule has 0 unspecified atom stereocenters. The number of amides is 2. The average Bonchev–Trinajstić information content (AvgIpc) is 2.71. The van der Waals surface area contributed by atoms with Crippen molar-refractivity contribution in [3.8, 4) is 0 Å². The van der Waals surface area contributed by atoms with E-state index in [4.69, 9.17) is 11.6 Å². The molecule has 0 aliphatic rings. The molecule has 2 aromatic rings.